The maximum atomic E-state index is 7.00. The van der Waals surface area contributed by atoms with E-state index in [1.807, 2.05) is 12.1 Å². The Kier molecular flexibility index (Phi) is 3.76. The van der Waals surface area contributed by atoms with Crippen molar-refractivity contribution in [3.05, 3.63) is 102 Å². The van der Waals surface area contributed by atoms with E-state index in [4.69, 9.17) is 15.9 Å². The molecule has 4 aromatic carbocycles. The third kappa shape index (κ3) is 2.41. The summed E-state index contributed by atoms with van der Waals surface area (Å²) in [5.74, 6) is 4.21. The summed E-state index contributed by atoms with van der Waals surface area (Å²) in [6, 6.07) is 27.3. The average molecular weight is 400 g/mol. The summed E-state index contributed by atoms with van der Waals surface area (Å²) in [6.07, 6.45) is 7.68. The Morgan fingerprint density at radius 3 is 2.23 bits per heavy atom. The molecular weight excluding hydrogens is 380 g/mol. The Balaban J connectivity index is 1.63. The third-order valence-corrected chi connectivity index (χ3v) is 6.34. The highest BCUT2D eigenvalue weighted by atomic mass is 16.5. The van der Waals surface area contributed by atoms with Crippen molar-refractivity contribution in [3.63, 3.8) is 0 Å². The van der Waals surface area contributed by atoms with Gasteiger partial charge in [-0.05, 0) is 41.8 Å². The molecule has 1 spiro atoms. The van der Waals surface area contributed by atoms with Crippen LogP contribution in [0.25, 0.3) is 27.5 Å². The molecule has 0 aromatic heterocycles. The molecule has 2 nitrogen and oxygen atoms in total. The first-order chi connectivity index (χ1) is 15.2. The zero-order valence-corrected chi connectivity index (χ0v) is 17.2. The second kappa shape index (κ2) is 6.52. The highest BCUT2D eigenvalue weighted by Gasteiger charge is 2.46. The maximum absolute atomic E-state index is 7.00. The quantitative estimate of drug-likeness (QED) is 0.354. The Hall–Kier alpha value is -3.96. The number of allylic oxidation sites excluding steroid dienone is 1. The lowest BCUT2D eigenvalue weighted by atomic mass is 9.84. The highest BCUT2D eigenvalue weighted by molar-refractivity contribution is 5.98. The van der Waals surface area contributed by atoms with Crippen LogP contribution in [0.15, 0.2) is 84.9 Å². The van der Waals surface area contributed by atoms with E-state index in [-0.39, 0.29) is 6.61 Å². The summed E-state index contributed by atoms with van der Waals surface area (Å²) < 4.78 is 12.8. The molecule has 6 rings (SSSR count). The van der Waals surface area contributed by atoms with Crippen molar-refractivity contribution in [1.82, 2.24) is 0 Å². The van der Waals surface area contributed by atoms with Crippen LogP contribution in [0, 0.1) is 12.3 Å². The number of ether oxygens (including phenoxy) is 2. The summed E-state index contributed by atoms with van der Waals surface area (Å²) in [7, 11) is 0. The van der Waals surface area contributed by atoms with Gasteiger partial charge in [0.2, 0.25) is 0 Å². The first kappa shape index (κ1) is 17.9. The van der Waals surface area contributed by atoms with Crippen LogP contribution < -0.4 is 9.47 Å². The number of fused-ring (bicyclic) bond motifs is 8. The summed E-state index contributed by atoms with van der Waals surface area (Å²) in [4.78, 5) is 0. The first-order valence-electron chi connectivity index (χ1n) is 10.4. The predicted octanol–water partition coefficient (Wildman–Crippen LogP) is 6.57. The second-order valence-corrected chi connectivity index (χ2v) is 8.04. The van der Waals surface area contributed by atoms with E-state index < -0.39 is 5.60 Å². The lowest BCUT2D eigenvalue weighted by Crippen LogP contribution is -2.33. The van der Waals surface area contributed by atoms with Crippen molar-refractivity contribution in [2.75, 3.05) is 6.61 Å². The van der Waals surface area contributed by atoms with Gasteiger partial charge in [0.1, 0.15) is 18.1 Å². The minimum absolute atomic E-state index is 0.237. The monoisotopic (exact) mass is 400 g/mol. The van der Waals surface area contributed by atoms with Crippen LogP contribution >= 0.6 is 0 Å². The molecule has 0 radical (unpaired) electrons. The van der Waals surface area contributed by atoms with Gasteiger partial charge in [-0.15, -0.1) is 6.42 Å². The smallest absolute Gasteiger partial charge is 0.179 e. The van der Waals surface area contributed by atoms with Crippen molar-refractivity contribution in [2.24, 2.45) is 0 Å². The molecule has 1 aliphatic heterocycles. The minimum Gasteiger partial charge on any atom is -0.480 e. The van der Waals surface area contributed by atoms with Crippen molar-refractivity contribution >= 4 is 16.3 Å². The Morgan fingerprint density at radius 2 is 1.52 bits per heavy atom. The lowest BCUT2D eigenvalue weighted by molar-refractivity contribution is 0.167. The van der Waals surface area contributed by atoms with Crippen LogP contribution in [0.3, 0.4) is 0 Å². The number of hydrogen-bond acceptors (Lipinski definition) is 2. The normalized spacial score (nSPS) is 14.8. The molecule has 0 saturated carbocycles. The van der Waals surface area contributed by atoms with Gasteiger partial charge in [0, 0.05) is 27.5 Å². The van der Waals surface area contributed by atoms with E-state index in [9.17, 15) is 0 Å². The van der Waals surface area contributed by atoms with E-state index in [1.54, 1.807) is 0 Å². The fourth-order valence-electron chi connectivity index (χ4n) is 5.03. The second-order valence-electron chi connectivity index (χ2n) is 8.04. The molecule has 2 aliphatic rings. The summed E-state index contributed by atoms with van der Waals surface area (Å²) in [6.45, 7) is 2.40. The van der Waals surface area contributed by atoms with Crippen LogP contribution in [0.5, 0.6) is 11.5 Å². The van der Waals surface area contributed by atoms with E-state index in [2.05, 4.69) is 85.7 Å². The molecule has 2 heteroatoms. The van der Waals surface area contributed by atoms with Gasteiger partial charge in [-0.2, -0.15) is 0 Å². The maximum Gasteiger partial charge on any atom is 0.179 e. The highest BCUT2D eigenvalue weighted by Crippen LogP contribution is 2.55. The Labute approximate surface area is 181 Å². The molecule has 0 amide bonds. The van der Waals surface area contributed by atoms with Crippen molar-refractivity contribution in [1.29, 1.82) is 0 Å². The van der Waals surface area contributed by atoms with E-state index >= 15 is 0 Å². The molecule has 0 N–H and O–H groups in total. The zero-order chi connectivity index (χ0) is 21.0. The number of hydrogen-bond donors (Lipinski definition) is 0. The van der Waals surface area contributed by atoms with Crippen LogP contribution in [0.1, 0.15) is 23.6 Å². The van der Waals surface area contributed by atoms with Gasteiger partial charge in [0.05, 0.1) is 0 Å². The van der Waals surface area contributed by atoms with Gasteiger partial charge in [0.25, 0.3) is 0 Å². The molecule has 148 valence electrons. The van der Waals surface area contributed by atoms with Gasteiger partial charge in [-0.1, -0.05) is 72.7 Å². The fourth-order valence-corrected chi connectivity index (χ4v) is 5.03. The van der Waals surface area contributed by atoms with Crippen LogP contribution in [0.4, 0.5) is 0 Å². The molecule has 0 bridgehead atoms. The minimum atomic E-state index is -0.645. The largest absolute Gasteiger partial charge is 0.480 e. The van der Waals surface area contributed by atoms with Gasteiger partial charge >= 0.3 is 0 Å². The van der Waals surface area contributed by atoms with Gasteiger partial charge in [-0.25, -0.2) is 0 Å². The topological polar surface area (TPSA) is 18.5 Å². The lowest BCUT2D eigenvalue weighted by Gasteiger charge is -2.36. The Bertz CT molecular complexity index is 1390. The van der Waals surface area contributed by atoms with E-state index in [0.29, 0.717) is 0 Å². The molecule has 1 aliphatic carbocycles. The first-order valence-corrected chi connectivity index (χ1v) is 10.4. The van der Waals surface area contributed by atoms with Gasteiger partial charge in [0.15, 0.2) is 5.60 Å². The number of rotatable bonds is 2. The van der Waals surface area contributed by atoms with Crippen LogP contribution in [-0.4, -0.2) is 6.61 Å². The zero-order valence-electron chi connectivity index (χ0n) is 17.2. The predicted molar refractivity (Wildman–Crippen MR) is 125 cm³/mol. The van der Waals surface area contributed by atoms with E-state index in [1.165, 1.54) is 27.8 Å². The SMILES string of the molecule is C#CCOc1cccc2c3c(ccc12)C(C)=CC1(O3)c2ccccc2-c2ccccc21. The van der Waals surface area contributed by atoms with Crippen molar-refractivity contribution < 1.29 is 9.47 Å². The molecule has 0 unspecified atom stereocenters. The number of benzene rings is 4. The van der Waals surface area contributed by atoms with Gasteiger partial charge < -0.3 is 9.47 Å². The van der Waals surface area contributed by atoms with Crippen molar-refractivity contribution in [3.8, 4) is 35.0 Å². The van der Waals surface area contributed by atoms with Crippen molar-refractivity contribution in [2.45, 2.75) is 12.5 Å². The number of terminal acetylenes is 1. The van der Waals surface area contributed by atoms with Crippen LogP contribution in [-0.2, 0) is 5.60 Å². The van der Waals surface area contributed by atoms with Crippen LogP contribution in [0.2, 0.25) is 0 Å². The summed E-state index contributed by atoms with van der Waals surface area (Å²) in [5.41, 5.74) is 6.47. The van der Waals surface area contributed by atoms with E-state index in [0.717, 1.165) is 27.8 Å². The molecular formula is C29H20O2. The summed E-state index contributed by atoms with van der Waals surface area (Å²) >= 11 is 0. The molecule has 31 heavy (non-hydrogen) atoms. The fraction of sp³-hybridized carbons (Fsp3) is 0.103. The third-order valence-electron chi connectivity index (χ3n) is 6.34. The molecule has 0 atom stereocenters. The molecule has 0 fully saturated rings. The average Bonchev–Trinajstić information content (AvgIpc) is 3.07. The molecule has 1 heterocycles. The molecule has 0 saturated heterocycles. The van der Waals surface area contributed by atoms with Gasteiger partial charge in [-0.3, -0.25) is 0 Å². The standard InChI is InChI=1S/C29H20O2/c1-3-17-30-27-14-8-11-24-23(27)16-15-20-19(2)18-29(31-28(20)24)25-12-6-4-9-21(25)22-10-5-7-13-26(22)29/h1,4-16,18H,17H2,2H3. The Morgan fingerprint density at radius 1 is 0.806 bits per heavy atom. The molecule has 4 aromatic rings. The summed E-state index contributed by atoms with van der Waals surface area (Å²) in [5, 5.41) is 2.03.